The minimum atomic E-state index is 0.0238. The van der Waals surface area contributed by atoms with Crippen LogP contribution < -0.4 is 5.32 Å². The van der Waals surface area contributed by atoms with Crippen LogP contribution in [0.3, 0.4) is 0 Å². The highest BCUT2D eigenvalue weighted by molar-refractivity contribution is 5.85. The summed E-state index contributed by atoms with van der Waals surface area (Å²) in [6.07, 6.45) is 2.58. The molecule has 1 aliphatic rings. The zero-order valence-electron chi connectivity index (χ0n) is 8.88. The third-order valence-corrected chi connectivity index (χ3v) is 2.46. The first-order valence-corrected chi connectivity index (χ1v) is 5.05. The lowest BCUT2D eigenvalue weighted by molar-refractivity contribution is -0.123. The summed E-state index contributed by atoms with van der Waals surface area (Å²) in [6, 6.07) is 0. The highest BCUT2D eigenvalue weighted by Crippen LogP contribution is 2.29. The predicted octanol–water partition coefficient (Wildman–Crippen LogP) is 0.0334. The molecule has 4 nitrogen and oxygen atoms in total. The molecule has 1 saturated carbocycles. The number of ketones is 1. The number of carbonyl (C=O) groups excluding carboxylic acids is 2. The van der Waals surface area contributed by atoms with Crippen molar-refractivity contribution in [2.45, 2.75) is 19.3 Å². The van der Waals surface area contributed by atoms with Gasteiger partial charge in [-0.05, 0) is 19.9 Å². The Morgan fingerprint density at radius 2 is 2.07 bits per heavy atom. The lowest BCUT2D eigenvalue weighted by Crippen LogP contribution is -2.31. The van der Waals surface area contributed by atoms with E-state index in [9.17, 15) is 9.59 Å². The Labute approximate surface area is 84.7 Å². The second kappa shape index (κ2) is 5.10. The number of nitrogens with one attached hydrogen (secondary N) is 1. The molecule has 0 heterocycles. The van der Waals surface area contributed by atoms with E-state index >= 15 is 0 Å². The minimum Gasteiger partial charge on any atom is -0.359 e. The molecule has 0 radical (unpaired) electrons. The Bertz CT molecular complexity index is 224. The number of hydrogen-bond donors (Lipinski definition) is 1. The topological polar surface area (TPSA) is 49.4 Å². The first-order valence-electron chi connectivity index (χ1n) is 5.05. The summed E-state index contributed by atoms with van der Waals surface area (Å²) >= 11 is 0. The molecule has 80 valence electrons. The van der Waals surface area contributed by atoms with Gasteiger partial charge in [0.25, 0.3) is 0 Å². The van der Waals surface area contributed by atoms with Crippen LogP contribution in [-0.4, -0.2) is 43.8 Å². The van der Waals surface area contributed by atoms with Gasteiger partial charge >= 0.3 is 0 Å². The van der Waals surface area contributed by atoms with Crippen LogP contribution in [0.25, 0.3) is 0 Å². The molecule has 1 rings (SSSR count). The number of likely N-dealkylation sites (N-methyl/N-ethyl adjacent to an activating group) is 1. The summed E-state index contributed by atoms with van der Waals surface area (Å²) in [5, 5.41) is 2.56. The Kier molecular flexibility index (Phi) is 4.07. The van der Waals surface area contributed by atoms with E-state index in [1.165, 1.54) is 0 Å². The van der Waals surface area contributed by atoms with Gasteiger partial charge in [-0.3, -0.25) is 14.5 Å². The fourth-order valence-corrected chi connectivity index (χ4v) is 1.30. The van der Waals surface area contributed by atoms with Crippen molar-refractivity contribution >= 4 is 11.7 Å². The molecule has 1 aliphatic carbocycles. The summed E-state index contributed by atoms with van der Waals surface area (Å²) in [5.74, 6) is 0.664. The van der Waals surface area contributed by atoms with E-state index in [0.29, 0.717) is 31.2 Å². The standard InChI is InChI=1S/C10H18N2O2/c1-11-10(14)5-6-12(2)7-9(13)8-3-4-8/h8H,3-7H2,1-2H3,(H,11,14). The van der Waals surface area contributed by atoms with Crippen LogP contribution in [0.4, 0.5) is 0 Å². The first kappa shape index (κ1) is 11.2. The molecule has 1 N–H and O–H groups in total. The summed E-state index contributed by atoms with van der Waals surface area (Å²) in [5.41, 5.74) is 0. The van der Waals surface area contributed by atoms with Crippen molar-refractivity contribution in [3.8, 4) is 0 Å². The van der Waals surface area contributed by atoms with Crippen molar-refractivity contribution in [2.24, 2.45) is 5.92 Å². The van der Waals surface area contributed by atoms with Gasteiger partial charge in [-0.1, -0.05) is 0 Å². The normalized spacial score (nSPS) is 15.6. The number of hydrogen-bond acceptors (Lipinski definition) is 3. The van der Waals surface area contributed by atoms with Crippen molar-refractivity contribution < 1.29 is 9.59 Å². The monoisotopic (exact) mass is 198 g/mol. The quantitative estimate of drug-likeness (QED) is 0.655. The van der Waals surface area contributed by atoms with Gasteiger partial charge < -0.3 is 5.32 Å². The van der Waals surface area contributed by atoms with E-state index in [4.69, 9.17) is 0 Å². The van der Waals surface area contributed by atoms with Crippen LogP contribution in [0.2, 0.25) is 0 Å². The van der Waals surface area contributed by atoms with Crippen molar-refractivity contribution in [3.63, 3.8) is 0 Å². The Hall–Kier alpha value is -0.900. The third kappa shape index (κ3) is 3.87. The molecule has 14 heavy (non-hydrogen) atoms. The maximum atomic E-state index is 11.4. The lowest BCUT2D eigenvalue weighted by atomic mass is 10.2. The molecule has 4 heteroatoms. The Balaban J connectivity index is 2.11. The average Bonchev–Trinajstić information content (AvgIpc) is 2.97. The number of nitrogens with zero attached hydrogens (tertiary/aromatic N) is 1. The smallest absolute Gasteiger partial charge is 0.221 e. The molecule has 0 saturated heterocycles. The first-order chi connectivity index (χ1) is 6.63. The van der Waals surface area contributed by atoms with Gasteiger partial charge in [-0.15, -0.1) is 0 Å². The second-order valence-corrected chi connectivity index (χ2v) is 3.90. The minimum absolute atomic E-state index is 0.0238. The molecule has 0 aromatic rings. The van der Waals surface area contributed by atoms with Crippen molar-refractivity contribution in [2.75, 3.05) is 27.2 Å². The molecule has 1 amide bonds. The third-order valence-electron chi connectivity index (χ3n) is 2.46. The highest BCUT2D eigenvalue weighted by atomic mass is 16.1. The Morgan fingerprint density at radius 1 is 1.43 bits per heavy atom. The molecule has 0 aromatic heterocycles. The van der Waals surface area contributed by atoms with Gasteiger partial charge in [0.05, 0.1) is 6.54 Å². The van der Waals surface area contributed by atoms with Crippen LogP contribution in [0, 0.1) is 5.92 Å². The van der Waals surface area contributed by atoms with Gasteiger partial charge in [-0.25, -0.2) is 0 Å². The summed E-state index contributed by atoms with van der Waals surface area (Å²) in [4.78, 5) is 24.2. The predicted molar refractivity (Wildman–Crippen MR) is 53.9 cm³/mol. The summed E-state index contributed by atoms with van der Waals surface area (Å²) < 4.78 is 0. The maximum Gasteiger partial charge on any atom is 0.221 e. The molecule has 0 atom stereocenters. The van der Waals surface area contributed by atoms with Crippen molar-refractivity contribution in [3.05, 3.63) is 0 Å². The molecule has 0 bridgehead atoms. The number of carbonyl (C=O) groups is 2. The fraction of sp³-hybridized carbons (Fsp3) is 0.800. The summed E-state index contributed by atoms with van der Waals surface area (Å²) in [7, 11) is 3.50. The van der Waals surface area contributed by atoms with E-state index in [1.54, 1.807) is 7.05 Å². The van der Waals surface area contributed by atoms with Gasteiger partial charge in [0.1, 0.15) is 5.78 Å². The second-order valence-electron chi connectivity index (χ2n) is 3.90. The van der Waals surface area contributed by atoms with Gasteiger partial charge in [-0.2, -0.15) is 0 Å². The van der Waals surface area contributed by atoms with Crippen LogP contribution >= 0.6 is 0 Å². The molecule has 0 spiro atoms. The number of rotatable bonds is 6. The molecular formula is C10H18N2O2. The zero-order valence-corrected chi connectivity index (χ0v) is 8.88. The van der Waals surface area contributed by atoms with Crippen LogP contribution in [-0.2, 0) is 9.59 Å². The number of Topliss-reactive ketones (excluding diaryl/α,β-unsaturated/α-hetero) is 1. The highest BCUT2D eigenvalue weighted by Gasteiger charge is 2.29. The maximum absolute atomic E-state index is 11.4. The average molecular weight is 198 g/mol. The van der Waals surface area contributed by atoms with Crippen molar-refractivity contribution in [1.29, 1.82) is 0 Å². The molecular weight excluding hydrogens is 180 g/mol. The van der Waals surface area contributed by atoms with Gasteiger partial charge in [0.2, 0.25) is 5.91 Å². The zero-order chi connectivity index (χ0) is 10.6. The van der Waals surface area contributed by atoms with Crippen LogP contribution in [0.15, 0.2) is 0 Å². The summed E-state index contributed by atoms with van der Waals surface area (Å²) in [6.45, 7) is 1.14. The fourth-order valence-electron chi connectivity index (χ4n) is 1.30. The molecule has 0 aliphatic heterocycles. The molecule has 1 fully saturated rings. The van der Waals surface area contributed by atoms with E-state index in [2.05, 4.69) is 5.32 Å². The van der Waals surface area contributed by atoms with Crippen LogP contribution in [0.5, 0.6) is 0 Å². The van der Waals surface area contributed by atoms with Gasteiger partial charge in [0, 0.05) is 25.9 Å². The van der Waals surface area contributed by atoms with E-state index in [-0.39, 0.29) is 5.91 Å². The number of amides is 1. The largest absolute Gasteiger partial charge is 0.359 e. The Morgan fingerprint density at radius 3 is 2.57 bits per heavy atom. The van der Waals surface area contributed by atoms with Gasteiger partial charge in [0.15, 0.2) is 0 Å². The van der Waals surface area contributed by atoms with Crippen molar-refractivity contribution in [1.82, 2.24) is 10.2 Å². The SMILES string of the molecule is CNC(=O)CCN(C)CC(=O)C1CC1. The van der Waals surface area contributed by atoms with Crippen LogP contribution in [0.1, 0.15) is 19.3 Å². The molecule has 0 unspecified atom stereocenters. The van der Waals surface area contributed by atoms with E-state index in [1.807, 2.05) is 11.9 Å². The lowest BCUT2D eigenvalue weighted by Gasteiger charge is -2.14. The molecule has 0 aromatic carbocycles. The van der Waals surface area contributed by atoms with E-state index < -0.39 is 0 Å². The van der Waals surface area contributed by atoms with E-state index in [0.717, 1.165) is 12.8 Å².